The van der Waals surface area contributed by atoms with Gasteiger partial charge in [0.05, 0.1) is 0 Å². The zero-order valence-corrected chi connectivity index (χ0v) is 11.2. The molecule has 4 rings (SSSR count). The largest absolute Gasteiger partial charge is 0.316 e. The second-order valence-corrected chi connectivity index (χ2v) is 6.78. The van der Waals surface area contributed by atoms with Crippen molar-refractivity contribution in [2.45, 2.75) is 50.9 Å². The second kappa shape index (κ2) is 4.09. The molecule has 1 heteroatoms. The third-order valence-electron chi connectivity index (χ3n) is 5.55. The van der Waals surface area contributed by atoms with Gasteiger partial charge in [0, 0.05) is 13.1 Å². The zero-order chi connectivity index (χ0) is 12.0. The van der Waals surface area contributed by atoms with E-state index in [1.807, 2.05) is 0 Å². The molecule has 1 spiro atoms. The van der Waals surface area contributed by atoms with E-state index < -0.39 is 0 Å². The summed E-state index contributed by atoms with van der Waals surface area (Å²) in [4.78, 5) is 0. The number of hydrogen-bond donors (Lipinski definition) is 1. The lowest BCUT2D eigenvalue weighted by Crippen LogP contribution is -2.51. The van der Waals surface area contributed by atoms with E-state index in [4.69, 9.17) is 0 Å². The zero-order valence-electron chi connectivity index (χ0n) is 11.2. The molecule has 1 nitrogen and oxygen atoms in total. The Kier molecular flexibility index (Phi) is 2.51. The summed E-state index contributed by atoms with van der Waals surface area (Å²) in [5.41, 5.74) is 5.61. The van der Waals surface area contributed by atoms with Gasteiger partial charge in [0.25, 0.3) is 0 Å². The van der Waals surface area contributed by atoms with Gasteiger partial charge in [-0.2, -0.15) is 0 Å². The maximum atomic E-state index is 3.47. The lowest BCUT2D eigenvalue weighted by Gasteiger charge is -2.39. The van der Waals surface area contributed by atoms with Crippen molar-refractivity contribution < 1.29 is 0 Å². The third kappa shape index (κ3) is 1.72. The van der Waals surface area contributed by atoms with Gasteiger partial charge in [-0.3, -0.25) is 0 Å². The summed E-state index contributed by atoms with van der Waals surface area (Å²) in [6.07, 6.45) is 9.72. The van der Waals surface area contributed by atoms with Crippen molar-refractivity contribution in [1.82, 2.24) is 5.32 Å². The first kappa shape index (κ1) is 11.0. The Labute approximate surface area is 110 Å². The summed E-state index contributed by atoms with van der Waals surface area (Å²) in [6, 6.07) is 7.40. The number of rotatable bonds is 1. The molecular formula is C17H23N. The van der Waals surface area contributed by atoms with E-state index >= 15 is 0 Å². The van der Waals surface area contributed by atoms with Gasteiger partial charge in [0.1, 0.15) is 0 Å². The molecule has 1 saturated carbocycles. The average molecular weight is 241 g/mol. The molecule has 0 aromatic heterocycles. The van der Waals surface area contributed by atoms with Gasteiger partial charge >= 0.3 is 0 Å². The van der Waals surface area contributed by atoms with E-state index in [-0.39, 0.29) is 0 Å². The summed E-state index contributed by atoms with van der Waals surface area (Å²) in [5.74, 6) is 0.847. The maximum Gasteiger partial charge on any atom is 0.00204 e. The second-order valence-electron chi connectivity index (χ2n) is 6.78. The summed E-state index contributed by atoms with van der Waals surface area (Å²) in [6.45, 7) is 2.54. The standard InChI is InChI=1S/C17H23N/c1-2-4-14-9-15(6-5-13(14)3-1)16-7-8-17(10-16)11-18-12-17/h5-6,9,16,18H,1-4,7-8,10-12H2. The Morgan fingerprint density at radius 2 is 1.89 bits per heavy atom. The van der Waals surface area contributed by atoms with Crippen LogP contribution >= 0.6 is 0 Å². The van der Waals surface area contributed by atoms with Crippen molar-refractivity contribution in [3.05, 3.63) is 34.9 Å². The molecule has 96 valence electrons. The van der Waals surface area contributed by atoms with Crippen LogP contribution in [-0.4, -0.2) is 13.1 Å². The molecule has 2 aliphatic carbocycles. The molecule has 0 bridgehead atoms. The number of aryl methyl sites for hydroxylation is 2. The van der Waals surface area contributed by atoms with Gasteiger partial charge in [-0.05, 0) is 73.0 Å². The van der Waals surface area contributed by atoms with E-state index in [0.717, 1.165) is 5.92 Å². The Morgan fingerprint density at radius 3 is 2.61 bits per heavy atom. The number of hydrogen-bond acceptors (Lipinski definition) is 1. The van der Waals surface area contributed by atoms with Gasteiger partial charge in [-0.15, -0.1) is 0 Å². The van der Waals surface area contributed by atoms with Crippen LogP contribution < -0.4 is 5.32 Å². The van der Waals surface area contributed by atoms with Crippen molar-refractivity contribution >= 4 is 0 Å². The Morgan fingerprint density at radius 1 is 1.06 bits per heavy atom. The molecular weight excluding hydrogens is 218 g/mol. The number of benzene rings is 1. The number of nitrogens with one attached hydrogen (secondary N) is 1. The summed E-state index contributed by atoms with van der Waals surface area (Å²) in [5, 5.41) is 3.47. The van der Waals surface area contributed by atoms with Crippen molar-refractivity contribution in [2.75, 3.05) is 13.1 Å². The fraction of sp³-hybridized carbons (Fsp3) is 0.647. The van der Waals surface area contributed by atoms with Crippen LogP contribution in [0.15, 0.2) is 18.2 Å². The van der Waals surface area contributed by atoms with E-state index in [1.165, 1.54) is 58.0 Å². The van der Waals surface area contributed by atoms with Crippen molar-refractivity contribution in [3.8, 4) is 0 Å². The molecule has 3 aliphatic rings. The average Bonchev–Trinajstić information content (AvgIpc) is 2.83. The molecule has 1 aliphatic heterocycles. The van der Waals surface area contributed by atoms with Crippen LogP contribution in [0.5, 0.6) is 0 Å². The fourth-order valence-electron chi connectivity index (χ4n) is 4.30. The normalized spacial score (nSPS) is 29.0. The smallest absolute Gasteiger partial charge is 0.00204 e. The van der Waals surface area contributed by atoms with Gasteiger partial charge in [0.2, 0.25) is 0 Å². The van der Waals surface area contributed by atoms with Crippen LogP contribution in [0.2, 0.25) is 0 Å². The highest BCUT2D eigenvalue weighted by atomic mass is 15.0. The van der Waals surface area contributed by atoms with Crippen LogP contribution in [-0.2, 0) is 12.8 Å². The lowest BCUT2D eigenvalue weighted by molar-refractivity contribution is 0.175. The number of fused-ring (bicyclic) bond motifs is 1. The molecule has 1 atom stereocenters. The molecule has 1 N–H and O–H groups in total. The minimum absolute atomic E-state index is 0.681. The van der Waals surface area contributed by atoms with Crippen LogP contribution in [0.4, 0.5) is 0 Å². The van der Waals surface area contributed by atoms with Crippen molar-refractivity contribution in [3.63, 3.8) is 0 Å². The topological polar surface area (TPSA) is 12.0 Å². The quantitative estimate of drug-likeness (QED) is 0.794. The van der Waals surface area contributed by atoms with E-state index in [9.17, 15) is 0 Å². The summed E-state index contributed by atoms with van der Waals surface area (Å²) >= 11 is 0. The molecule has 1 aromatic rings. The molecule has 1 heterocycles. The Hall–Kier alpha value is -0.820. The summed E-state index contributed by atoms with van der Waals surface area (Å²) in [7, 11) is 0. The van der Waals surface area contributed by atoms with Gasteiger partial charge in [-0.25, -0.2) is 0 Å². The molecule has 1 saturated heterocycles. The molecule has 1 aromatic carbocycles. The van der Waals surface area contributed by atoms with E-state index in [0.29, 0.717) is 5.41 Å². The van der Waals surface area contributed by atoms with Crippen LogP contribution in [0.25, 0.3) is 0 Å². The van der Waals surface area contributed by atoms with Gasteiger partial charge in [0.15, 0.2) is 0 Å². The van der Waals surface area contributed by atoms with E-state index in [1.54, 1.807) is 16.7 Å². The van der Waals surface area contributed by atoms with Crippen molar-refractivity contribution in [2.24, 2.45) is 5.41 Å². The first-order valence-electron chi connectivity index (χ1n) is 7.67. The highest BCUT2D eigenvalue weighted by Crippen LogP contribution is 2.49. The van der Waals surface area contributed by atoms with Gasteiger partial charge in [-0.1, -0.05) is 18.2 Å². The maximum absolute atomic E-state index is 3.47. The summed E-state index contributed by atoms with van der Waals surface area (Å²) < 4.78 is 0. The highest BCUT2D eigenvalue weighted by molar-refractivity contribution is 5.36. The molecule has 0 radical (unpaired) electrons. The van der Waals surface area contributed by atoms with E-state index in [2.05, 4.69) is 23.5 Å². The van der Waals surface area contributed by atoms with Crippen molar-refractivity contribution in [1.29, 1.82) is 0 Å². The first-order valence-corrected chi connectivity index (χ1v) is 7.67. The molecule has 1 unspecified atom stereocenters. The predicted molar refractivity (Wildman–Crippen MR) is 75.0 cm³/mol. The monoisotopic (exact) mass is 241 g/mol. The van der Waals surface area contributed by atoms with Crippen LogP contribution in [0, 0.1) is 5.41 Å². The fourth-order valence-corrected chi connectivity index (χ4v) is 4.30. The predicted octanol–water partition coefficient (Wildman–Crippen LogP) is 3.42. The Bertz CT molecular complexity index is 459. The molecule has 2 fully saturated rings. The van der Waals surface area contributed by atoms with Gasteiger partial charge < -0.3 is 5.32 Å². The van der Waals surface area contributed by atoms with Crippen LogP contribution in [0.3, 0.4) is 0 Å². The first-order chi connectivity index (χ1) is 8.85. The Balaban J connectivity index is 1.58. The van der Waals surface area contributed by atoms with Crippen LogP contribution in [0.1, 0.15) is 54.7 Å². The lowest BCUT2D eigenvalue weighted by atomic mass is 9.78. The minimum atomic E-state index is 0.681. The third-order valence-corrected chi connectivity index (χ3v) is 5.55. The highest BCUT2D eigenvalue weighted by Gasteiger charge is 2.43. The molecule has 18 heavy (non-hydrogen) atoms. The molecule has 0 amide bonds. The minimum Gasteiger partial charge on any atom is -0.316 e. The SMILES string of the molecule is c1cc2c(cc1C1CCC3(CNC3)C1)CCCC2.